The largest absolute Gasteiger partial charge is 0.497 e. The Kier molecular flexibility index (Phi) is 10.8. The summed E-state index contributed by atoms with van der Waals surface area (Å²) in [4.78, 5) is 23.1. The van der Waals surface area contributed by atoms with E-state index in [1.165, 1.54) is 10.5 Å². The Balaban J connectivity index is 0.00000363. The number of aromatic nitrogens is 1. The Morgan fingerprint density at radius 1 is 1.09 bits per heavy atom. The monoisotopic (exact) mass is 493 g/mol. The van der Waals surface area contributed by atoms with Gasteiger partial charge in [0.2, 0.25) is 5.91 Å². The number of hydrogen-bond donors (Lipinski definition) is 0. The van der Waals surface area contributed by atoms with Crippen LogP contribution in [0.2, 0.25) is 0 Å². The predicted octanol–water partition coefficient (Wildman–Crippen LogP) is 5.89. The quantitative estimate of drug-likeness (QED) is 0.246. The zero-order valence-electron chi connectivity index (χ0n) is 19.2. The van der Waals surface area contributed by atoms with Crippen LogP contribution in [0.15, 0.2) is 47.4 Å². The average molecular weight is 494 g/mol. The number of anilines is 1. The van der Waals surface area contributed by atoms with Crippen LogP contribution in [-0.4, -0.2) is 55.8 Å². The van der Waals surface area contributed by atoms with Gasteiger partial charge in [-0.3, -0.25) is 9.69 Å². The highest BCUT2D eigenvalue weighted by atomic mass is 35.5. The van der Waals surface area contributed by atoms with E-state index < -0.39 is 0 Å². The third-order valence-corrected chi connectivity index (χ3v) is 7.07. The van der Waals surface area contributed by atoms with E-state index in [0.717, 1.165) is 46.2 Å². The van der Waals surface area contributed by atoms with Gasteiger partial charge in [0.15, 0.2) is 5.13 Å². The van der Waals surface area contributed by atoms with Gasteiger partial charge in [-0.15, -0.1) is 24.2 Å². The molecule has 0 aliphatic heterocycles. The van der Waals surface area contributed by atoms with Crippen LogP contribution in [0.1, 0.15) is 24.8 Å². The van der Waals surface area contributed by atoms with Crippen LogP contribution in [0.25, 0.3) is 10.2 Å². The van der Waals surface area contributed by atoms with Crippen molar-refractivity contribution in [1.29, 1.82) is 0 Å². The number of halogens is 1. The second-order valence-corrected chi connectivity index (χ2v) is 9.97. The van der Waals surface area contributed by atoms with Gasteiger partial charge in [0.1, 0.15) is 5.75 Å². The Morgan fingerprint density at radius 3 is 2.53 bits per heavy atom. The summed E-state index contributed by atoms with van der Waals surface area (Å²) < 4.78 is 6.37. The summed E-state index contributed by atoms with van der Waals surface area (Å²) in [6.07, 6.45) is 2.29. The molecule has 3 aromatic rings. The van der Waals surface area contributed by atoms with E-state index >= 15 is 0 Å². The van der Waals surface area contributed by atoms with Crippen molar-refractivity contribution in [2.24, 2.45) is 0 Å². The van der Waals surface area contributed by atoms with Crippen molar-refractivity contribution in [3.63, 3.8) is 0 Å². The number of carbonyl (C=O) groups is 1. The predicted molar refractivity (Wildman–Crippen MR) is 140 cm³/mol. The smallest absolute Gasteiger partial charge is 0.228 e. The topological polar surface area (TPSA) is 45.7 Å². The van der Waals surface area contributed by atoms with Crippen molar-refractivity contribution in [2.75, 3.05) is 44.9 Å². The molecule has 0 bridgehead atoms. The van der Waals surface area contributed by atoms with Gasteiger partial charge in [0.25, 0.3) is 0 Å². The molecule has 0 N–H and O–H groups in total. The maximum Gasteiger partial charge on any atom is 0.228 e. The third kappa shape index (κ3) is 7.66. The SMILES string of the molecule is COc1ccc2nc(N(CCCN(C)C)C(=O)CCCSc3ccc(C)cc3)sc2c1.Cl. The minimum Gasteiger partial charge on any atom is -0.497 e. The normalized spacial score (nSPS) is 10.9. The van der Waals surface area contributed by atoms with Crippen molar-refractivity contribution >= 4 is 56.8 Å². The fourth-order valence-electron chi connectivity index (χ4n) is 3.19. The van der Waals surface area contributed by atoms with Gasteiger partial charge in [-0.2, -0.15) is 0 Å². The fraction of sp³-hybridized carbons (Fsp3) is 0.417. The Labute approximate surface area is 205 Å². The first kappa shape index (κ1) is 26.5. The summed E-state index contributed by atoms with van der Waals surface area (Å²) in [7, 11) is 5.77. The number of nitrogens with zero attached hydrogens (tertiary/aromatic N) is 3. The van der Waals surface area contributed by atoms with Crippen molar-refractivity contribution in [2.45, 2.75) is 31.1 Å². The summed E-state index contributed by atoms with van der Waals surface area (Å²) in [5, 5.41) is 0.776. The van der Waals surface area contributed by atoms with Crippen LogP contribution in [0.3, 0.4) is 0 Å². The number of aryl methyl sites for hydroxylation is 1. The lowest BCUT2D eigenvalue weighted by Crippen LogP contribution is -2.33. The maximum atomic E-state index is 13.1. The molecule has 1 heterocycles. The number of hydrogen-bond acceptors (Lipinski definition) is 6. The first-order valence-corrected chi connectivity index (χ1v) is 12.4. The van der Waals surface area contributed by atoms with E-state index in [9.17, 15) is 4.79 Å². The second-order valence-electron chi connectivity index (χ2n) is 7.80. The minimum absolute atomic E-state index is 0. The highest BCUT2D eigenvalue weighted by molar-refractivity contribution is 7.99. The zero-order chi connectivity index (χ0) is 22.2. The molecule has 8 heteroatoms. The first-order valence-electron chi connectivity index (χ1n) is 10.6. The molecule has 0 aliphatic rings. The standard InChI is InChI=1S/C24H31N3O2S2.ClH/c1-18-8-11-20(12-9-18)30-16-5-7-23(28)27(15-6-14-26(2)3)24-25-21-13-10-19(29-4)17-22(21)31-24;/h8-13,17H,5-7,14-16H2,1-4H3;1H. The molecular formula is C24H32ClN3O2S2. The number of thioether (sulfide) groups is 1. The Hall–Kier alpha value is -1.80. The molecule has 0 saturated carbocycles. The minimum atomic E-state index is 0. The summed E-state index contributed by atoms with van der Waals surface area (Å²) in [6.45, 7) is 3.71. The summed E-state index contributed by atoms with van der Waals surface area (Å²) in [5.74, 6) is 1.88. The lowest BCUT2D eigenvalue weighted by Gasteiger charge is -2.21. The molecule has 1 aromatic heterocycles. The van der Waals surface area contributed by atoms with Gasteiger partial charge in [-0.25, -0.2) is 4.98 Å². The molecule has 0 radical (unpaired) electrons. The number of fused-ring (bicyclic) bond motifs is 1. The molecule has 32 heavy (non-hydrogen) atoms. The second kappa shape index (κ2) is 13.0. The molecule has 1 amide bonds. The highest BCUT2D eigenvalue weighted by Crippen LogP contribution is 2.32. The van der Waals surface area contributed by atoms with E-state index in [2.05, 4.69) is 50.2 Å². The van der Waals surface area contributed by atoms with Crippen LogP contribution in [-0.2, 0) is 4.79 Å². The summed E-state index contributed by atoms with van der Waals surface area (Å²) in [5.41, 5.74) is 2.17. The molecule has 3 rings (SSSR count). The highest BCUT2D eigenvalue weighted by Gasteiger charge is 2.19. The lowest BCUT2D eigenvalue weighted by molar-refractivity contribution is -0.118. The van der Waals surface area contributed by atoms with Crippen molar-refractivity contribution in [3.05, 3.63) is 48.0 Å². The molecule has 0 atom stereocenters. The van der Waals surface area contributed by atoms with E-state index in [4.69, 9.17) is 9.72 Å². The van der Waals surface area contributed by atoms with Gasteiger partial charge in [0.05, 0.1) is 17.3 Å². The zero-order valence-corrected chi connectivity index (χ0v) is 21.6. The maximum absolute atomic E-state index is 13.1. The van der Waals surface area contributed by atoms with Gasteiger partial charge in [-0.1, -0.05) is 29.0 Å². The molecule has 174 valence electrons. The molecule has 0 aliphatic carbocycles. The van der Waals surface area contributed by atoms with E-state index in [1.807, 2.05) is 23.1 Å². The van der Waals surface area contributed by atoms with Crippen LogP contribution in [0.4, 0.5) is 5.13 Å². The molecule has 5 nitrogen and oxygen atoms in total. The van der Waals surface area contributed by atoms with E-state index in [1.54, 1.807) is 30.2 Å². The number of ether oxygens (including phenoxy) is 1. The molecular weight excluding hydrogens is 462 g/mol. The average Bonchev–Trinajstić information content (AvgIpc) is 3.17. The van der Waals surface area contributed by atoms with Gasteiger partial charge < -0.3 is 9.64 Å². The van der Waals surface area contributed by atoms with Crippen LogP contribution in [0.5, 0.6) is 5.75 Å². The molecule has 0 spiro atoms. The number of methoxy groups -OCH3 is 1. The number of benzene rings is 2. The molecule has 2 aromatic carbocycles. The third-order valence-electron chi connectivity index (χ3n) is 4.93. The first-order chi connectivity index (χ1) is 15.0. The number of rotatable bonds is 11. The van der Waals surface area contributed by atoms with Crippen molar-refractivity contribution in [3.8, 4) is 5.75 Å². The van der Waals surface area contributed by atoms with E-state index in [0.29, 0.717) is 13.0 Å². The van der Waals surface area contributed by atoms with Crippen LogP contribution >= 0.6 is 35.5 Å². The molecule has 0 fully saturated rings. The van der Waals surface area contributed by atoms with Crippen molar-refractivity contribution < 1.29 is 9.53 Å². The van der Waals surface area contributed by atoms with Crippen molar-refractivity contribution in [1.82, 2.24) is 9.88 Å². The Morgan fingerprint density at radius 2 is 1.84 bits per heavy atom. The molecule has 0 unspecified atom stereocenters. The fourth-order valence-corrected chi connectivity index (χ4v) is 5.08. The van der Waals surface area contributed by atoms with E-state index in [-0.39, 0.29) is 18.3 Å². The summed E-state index contributed by atoms with van der Waals surface area (Å²) >= 11 is 3.36. The van der Waals surface area contributed by atoms with Gasteiger partial charge in [0, 0.05) is 17.9 Å². The van der Waals surface area contributed by atoms with Crippen LogP contribution in [0, 0.1) is 6.92 Å². The number of carbonyl (C=O) groups excluding carboxylic acids is 1. The lowest BCUT2D eigenvalue weighted by atomic mass is 10.2. The summed E-state index contributed by atoms with van der Waals surface area (Å²) in [6, 6.07) is 14.4. The molecule has 0 saturated heterocycles. The Bertz CT molecular complexity index is 993. The van der Waals surface area contributed by atoms with Gasteiger partial charge in [-0.05, 0) is 76.5 Å². The van der Waals surface area contributed by atoms with Crippen LogP contribution < -0.4 is 9.64 Å². The number of amides is 1. The van der Waals surface area contributed by atoms with Gasteiger partial charge >= 0.3 is 0 Å². The number of thiazole rings is 1.